The van der Waals surface area contributed by atoms with E-state index >= 15 is 0 Å². The van der Waals surface area contributed by atoms with Crippen molar-refractivity contribution in [3.05, 3.63) is 48.3 Å². The summed E-state index contributed by atoms with van der Waals surface area (Å²) in [5.41, 5.74) is 12.6. The lowest BCUT2D eigenvalue weighted by molar-refractivity contribution is 0.636. The molecule has 0 fully saturated rings. The number of hydrogen-bond acceptors (Lipinski definition) is 2. The molecular weight excluding hydrogens is 191 g/mol. The molecule has 0 aliphatic rings. The van der Waals surface area contributed by atoms with E-state index in [4.69, 9.17) is 11.5 Å². The van der Waals surface area contributed by atoms with Crippen LogP contribution in [0.15, 0.2) is 42.5 Å². The summed E-state index contributed by atoms with van der Waals surface area (Å²) < 4.78 is 13.7. The maximum Gasteiger partial charge on any atom is 0.156 e. The molecule has 0 unspecified atom stereocenters. The van der Waals surface area contributed by atoms with Gasteiger partial charge in [0.15, 0.2) is 5.82 Å². The van der Waals surface area contributed by atoms with Crippen LogP contribution in [0, 0.1) is 5.82 Å². The Morgan fingerprint density at radius 1 is 0.867 bits per heavy atom. The molecule has 2 aromatic carbocycles. The Morgan fingerprint density at radius 2 is 1.53 bits per heavy atom. The van der Waals surface area contributed by atoms with E-state index < -0.39 is 5.82 Å². The summed E-state index contributed by atoms with van der Waals surface area (Å²) in [5, 5.41) is 0. The average Bonchev–Trinajstić information content (AvgIpc) is 2.27. The zero-order valence-corrected chi connectivity index (χ0v) is 8.07. The molecule has 0 heterocycles. The molecule has 2 nitrogen and oxygen atoms in total. The lowest BCUT2D eigenvalue weighted by Crippen LogP contribution is -1.99. The van der Waals surface area contributed by atoms with Crippen molar-refractivity contribution in [2.45, 2.75) is 0 Å². The first-order valence-electron chi connectivity index (χ1n) is 4.59. The number of rotatable bonds is 1. The highest BCUT2D eigenvalue weighted by atomic mass is 19.1. The first kappa shape index (κ1) is 9.52. The van der Waals surface area contributed by atoms with Crippen molar-refractivity contribution >= 4 is 11.4 Å². The van der Waals surface area contributed by atoms with Gasteiger partial charge < -0.3 is 11.5 Å². The Hall–Kier alpha value is -2.03. The molecule has 76 valence electrons. The van der Waals surface area contributed by atoms with E-state index in [1.165, 1.54) is 0 Å². The van der Waals surface area contributed by atoms with Crippen LogP contribution < -0.4 is 11.5 Å². The van der Waals surface area contributed by atoms with Crippen LogP contribution in [-0.4, -0.2) is 0 Å². The maximum atomic E-state index is 13.7. The number of nitrogens with two attached hydrogens (primary N) is 2. The quantitative estimate of drug-likeness (QED) is 0.698. The van der Waals surface area contributed by atoms with E-state index in [0.717, 1.165) is 5.56 Å². The second-order valence-corrected chi connectivity index (χ2v) is 3.30. The Balaban J connectivity index is 2.60. The topological polar surface area (TPSA) is 52.0 Å². The minimum atomic E-state index is -0.457. The number of anilines is 2. The summed E-state index contributed by atoms with van der Waals surface area (Å²) >= 11 is 0. The van der Waals surface area contributed by atoms with Crippen LogP contribution in [0.2, 0.25) is 0 Å². The van der Waals surface area contributed by atoms with Crippen molar-refractivity contribution in [1.82, 2.24) is 0 Å². The fourth-order valence-electron chi connectivity index (χ4n) is 1.45. The molecule has 0 bridgehead atoms. The molecule has 2 rings (SSSR count). The summed E-state index contributed by atoms with van der Waals surface area (Å²) in [6, 6.07) is 12.5. The molecule has 4 N–H and O–H groups in total. The molecule has 0 aliphatic carbocycles. The van der Waals surface area contributed by atoms with Gasteiger partial charge in [-0.05, 0) is 17.7 Å². The summed E-state index contributed by atoms with van der Waals surface area (Å²) in [5.74, 6) is -0.457. The number of hydrogen-bond donors (Lipinski definition) is 2. The maximum absolute atomic E-state index is 13.7. The molecule has 0 saturated heterocycles. The Labute approximate surface area is 87.3 Å². The second kappa shape index (κ2) is 3.61. The van der Waals surface area contributed by atoms with Crippen LogP contribution in [0.4, 0.5) is 15.8 Å². The van der Waals surface area contributed by atoms with E-state index in [9.17, 15) is 4.39 Å². The van der Waals surface area contributed by atoms with Crippen molar-refractivity contribution < 1.29 is 4.39 Å². The van der Waals surface area contributed by atoms with Gasteiger partial charge in [-0.2, -0.15) is 0 Å². The zero-order valence-electron chi connectivity index (χ0n) is 8.07. The van der Waals surface area contributed by atoms with Gasteiger partial charge in [-0.3, -0.25) is 0 Å². The van der Waals surface area contributed by atoms with Gasteiger partial charge in [0.2, 0.25) is 0 Å². The average molecular weight is 202 g/mol. The van der Waals surface area contributed by atoms with Crippen molar-refractivity contribution in [3.8, 4) is 11.1 Å². The summed E-state index contributed by atoms with van der Waals surface area (Å²) in [6.45, 7) is 0. The zero-order chi connectivity index (χ0) is 10.8. The van der Waals surface area contributed by atoms with Gasteiger partial charge in [0.05, 0.1) is 11.4 Å². The van der Waals surface area contributed by atoms with Gasteiger partial charge >= 0.3 is 0 Å². The van der Waals surface area contributed by atoms with E-state index in [2.05, 4.69) is 0 Å². The molecule has 0 spiro atoms. The first-order chi connectivity index (χ1) is 7.20. The van der Waals surface area contributed by atoms with Crippen molar-refractivity contribution in [2.24, 2.45) is 0 Å². The van der Waals surface area contributed by atoms with Gasteiger partial charge in [-0.25, -0.2) is 4.39 Å². The number of benzene rings is 2. The van der Waals surface area contributed by atoms with E-state index in [1.54, 1.807) is 12.1 Å². The van der Waals surface area contributed by atoms with Crippen LogP contribution >= 0.6 is 0 Å². The van der Waals surface area contributed by atoms with Gasteiger partial charge in [-0.15, -0.1) is 0 Å². The molecule has 2 aromatic rings. The van der Waals surface area contributed by atoms with Crippen LogP contribution in [0.25, 0.3) is 11.1 Å². The Morgan fingerprint density at radius 3 is 2.20 bits per heavy atom. The molecule has 0 aromatic heterocycles. The monoisotopic (exact) mass is 202 g/mol. The van der Waals surface area contributed by atoms with E-state index in [0.29, 0.717) is 5.56 Å². The molecule has 0 atom stereocenters. The van der Waals surface area contributed by atoms with E-state index in [1.807, 2.05) is 30.3 Å². The third-order valence-corrected chi connectivity index (χ3v) is 2.30. The fraction of sp³-hybridized carbons (Fsp3) is 0. The molecule has 0 radical (unpaired) electrons. The van der Waals surface area contributed by atoms with Crippen molar-refractivity contribution in [3.63, 3.8) is 0 Å². The summed E-state index contributed by atoms with van der Waals surface area (Å²) in [7, 11) is 0. The third kappa shape index (κ3) is 1.64. The largest absolute Gasteiger partial charge is 0.397 e. The third-order valence-electron chi connectivity index (χ3n) is 2.30. The minimum Gasteiger partial charge on any atom is -0.397 e. The minimum absolute atomic E-state index is 0.0105. The summed E-state index contributed by atoms with van der Waals surface area (Å²) in [6.07, 6.45) is 0. The lowest BCUT2D eigenvalue weighted by atomic mass is 10.0. The Kier molecular flexibility index (Phi) is 2.29. The van der Waals surface area contributed by atoms with Crippen molar-refractivity contribution in [1.29, 1.82) is 0 Å². The SMILES string of the molecule is Nc1ccc(-c2ccccc2)c(F)c1N. The molecule has 0 amide bonds. The lowest BCUT2D eigenvalue weighted by Gasteiger charge is -2.07. The molecule has 15 heavy (non-hydrogen) atoms. The number of nitrogen functional groups attached to an aromatic ring is 2. The van der Waals surface area contributed by atoms with Crippen LogP contribution in [0.5, 0.6) is 0 Å². The molecule has 0 saturated carbocycles. The van der Waals surface area contributed by atoms with E-state index in [-0.39, 0.29) is 11.4 Å². The summed E-state index contributed by atoms with van der Waals surface area (Å²) in [4.78, 5) is 0. The first-order valence-corrected chi connectivity index (χ1v) is 4.59. The Bertz CT molecular complexity index is 480. The van der Waals surface area contributed by atoms with Gasteiger partial charge in [0.25, 0.3) is 0 Å². The highest BCUT2D eigenvalue weighted by molar-refractivity contribution is 5.75. The smallest absolute Gasteiger partial charge is 0.156 e. The fourth-order valence-corrected chi connectivity index (χ4v) is 1.45. The van der Waals surface area contributed by atoms with Gasteiger partial charge in [-0.1, -0.05) is 30.3 Å². The van der Waals surface area contributed by atoms with Gasteiger partial charge in [0.1, 0.15) is 0 Å². The standard InChI is InChI=1S/C12H11FN2/c13-11-9(6-7-10(14)12(11)15)8-4-2-1-3-5-8/h1-7H,14-15H2. The van der Waals surface area contributed by atoms with Crippen LogP contribution in [0.3, 0.4) is 0 Å². The predicted molar refractivity (Wildman–Crippen MR) is 60.7 cm³/mol. The highest BCUT2D eigenvalue weighted by Crippen LogP contribution is 2.29. The highest BCUT2D eigenvalue weighted by Gasteiger charge is 2.09. The molecule has 0 aliphatic heterocycles. The van der Waals surface area contributed by atoms with Crippen LogP contribution in [-0.2, 0) is 0 Å². The second-order valence-electron chi connectivity index (χ2n) is 3.30. The molecule has 3 heteroatoms. The van der Waals surface area contributed by atoms with Crippen molar-refractivity contribution in [2.75, 3.05) is 11.5 Å². The molecular formula is C12H11FN2. The van der Waals surface area contributed by atoms with Gasteiger partial charge in [0, 0.05) is 5.56 Å². The van der Waals surface area contributed by atoms with Crippen LogP contribution in [0.1, 0.15) is 0 Å². The predicted octanol–water partition coefficient (Wildman–Crippen LogP) is 2.66. The normalized spacial score (nSPS) is 10.2. The number of halogens is 1.